The minimum absolute atomic E-state index is 0.819. The molecular weight excluding hydrogens is 266 g/mol. The van der Waals surface area contributed by atoms with E-state index in [2.05, 4.69) is 33.3 Å². The lowest BCUT2D eigenvalue weighted by Crippen LogP contribution is -2.12. The first-order valence-electron chi connectivity index (χ1n) is 5.31. The molecule has 4 heteroatoms. The summed E-state index contributed by atoms with van der Waals surface area (Å²) in [5.74, 6) is 0. The second kappa shape index (κ2) is 5.27. The Kier molecular flexibility index (Phi) is 3.74. The number of halogens is 1. The van der Waals surface area contributed by atoms with Gasteiger partial charge < -0.3 is 5.32 Å². The summed E-state index contributed by atoms with van der Waals surface area (Å²) in [5, 5.41) is 7.74. The highest BCUT2D eigenvalue weighted by Crippen LogP contribution is 2.13. The van der Waals surface area contributed by atoms with Crippen LogP contribution in [0.3, 0.4) is 0 Å². The van der Waals surface area contributed by atoms with Crippen molar-refractivity contribution in [3.05, 3.63) is 46.7 Å². The van der Waals surface area contributed by atoms with Crippen molar-refractivity contribution >= 4 is 15.9 Å². The normalized spacial score (nSPS) is 10.6. The van der Waals surface area contributed by atoms with E-state index in [0.29, 0.717) is 0 Å². The summed E-state index contributed by atoms with van der Waals surface area (Å²) < 4.78 is 2.97. The predicted molar refractivity (Wildman–Crippen MR) is 68.6 cm³/mol. The third kappa shape index (κ3) is 2.71. The van der Waals surface area contributed by atoms with Crippen LogP contribution in [0.5, 0.6) is 0 Å². The van der Waals surface area contributed by atoms with Crippen LogP contribution < -0.4 is 5.32 Å². The lowest BCUT2D eigenvalue weighted by Gasteiger charge is -2.01. The lowest BCUT2D eigenvalue weighted by molar-refractivity contribution is 0.696. The fourth-order valence-corrected chi connectivity index (χ4v) is 1.71. The number of nitrogens with one attached hydrogen (secondary N) is 1. The molecule has 0 aliphatic rings. The number of rotatable bonds is 4. The molecule has 0 aliphatic carbocycles. The molecule has 1 aromatic carbocycles. The zero-order valence-electron chi connectivity index (χ0n) is 9.15. The van der Waals surface area contributed by atoms with Gasteiger partial charge in [-0.2, -0.15) is 5.10 Å². The van der Waals surface area contributed by atoms with Crippen LogP contribution in [0.15, 0.2) is 41.0 Å². The zero-order valence-corrected chi connectivity index (χ0v) is 10.7. The van der Waals surface area contributed by atoms with Crippen LogP contribution in [0.2, 0.25) is 0 Å². The molecule has 0 amide bonds. The van der Waals surface area contributed by atoms with E-state index in [1.165, 1.54) is 0 Å². The molecule has 1 aromatic heterocycles. The van der Waals surface area contributed by atoms with Gasteiger partial charge in [-0.25, -0.2) is 4.68 Å². The van der Waals surface area contributed by atoms with E-state index in [4.69, 9.17) is 0 Å². The Morgan fingerprint density at radius 3 is 2.69 bits per heavy atom. The molecule has 0 bridgehead atoms. The molecule has 0 saturated carbocycles. The molecule has 2 rings (SSSR count). The SMILES string of the molecule is CCNCc1ccn(-c2ccc(Br)cc2)n1. The van der Waals surface area contributed by atoms with Crippen molar-refractivity contribution in [2.24, 2.45) is 0 Å². The topological polar surface area (TPSA) is 29.9 Å². The summed E-state index contributed by atoms with van der Waals surface area (Å²) in [6.45, 7) is 3.87. The van der Waals surface area contributed by atoms with Gasteiger partial charge in [-0.1, -0.05) is 22.9 Å². The van der Waals surface area contributed by atoms with Crippen LogP contribution in [0.25, 0.3) is 5.69 Å². The van der Waals surface area contributed by atoms with Gasteiger partial charge in [-0.05, 0) is 36.9 Å². The smallest absolute Gasteiger partial charge is 0.0766 e. The van der Waals surface area contributed by atoms with Crippen molar-refractivity contribution in [1.82, 2.24) is 15.1 Å². The van der Waals surface area contributed by atoms with E-state index >= 15 is 0 Å². The fourth-order valence-electron chi connectivity index (χ4n) is 1.45. The van der Waals surface area contributed by atoms with Gasteiger partial charge in [0.2, 0.25) is 0 Å². The molecule has 0 radical (unpaired) electrons. The Morgan fingerprint density at radius 1 is 1.25 bits per heavy atom. The summed E-state index contributed by atoms with van der Waals surface area (Å²) in [7, 11) is 0. The maximum atomic E-state index is 4.49. The highest BCUT2D eigenvalue weighted by atomic mass is 79.9. The minimum Gasteiger partial charge on any atom is -0.311 e. The Hall–Kier alpha value is -1.13. The van der Waals surface area contributed by atoms with Crippen molar-refractivity contribution in [2.45, 2.75) is 13.5 Å². The Labute approximate surface area is 104 Å². The quantitative estimate of drug-likeness (QED) is 0.933. The standard InChI is InChI=1S/C12H14BrN3/c1-2-14-9-11-7-8-16(15-11)12-5-3-10(13)4-6-12/h3-8,14H,2,9H2,1H3. The molecule has 16 heavy (non-hydrogen) atoms. The van der Waals surface area contributed by atoms with Crippen LogP contribution in [0.1, 0.15) is 12.6 Å². The van der Waals surface area contributed by atoms with E-state index in [0.717, 1.165) is 28.9 Å². The number of nitrogens with zero attached hydrogens (tertiary/aromatic N) is 2. The summed E-state index contributed by atoms with van der Waals surface area (Å²) in [6.07, 6.45) is 1.98. The predicted octanol–water partition coefficient (Wildman–Crippen LogP) is 2.74. The Morgan fingerprint density at radius 2 is 2.00 bits per heavy atom. The number of benzene rings is 1. The third-order valence-electron chi connectivity index (χ3n) is 2.29. The van der Waals surface area contributed by atoms with Crippen molar-refractivity contribution in [3.8, 4) is 5.69 Å². The summed E-state index contributed by atoms with van der Waals surface area (Å²) >= 11 is 3.42. The first-order chi connectivity index (χ1) is 7.79. The average Bonchev–Trinajstić information content (AvgIpc) is 2.76. The molecule has 2 aromatic rings. The molecule has 0 aliphatic heterocycles. The van der Waals surface area contributed by atoms with Crippen molar-refractivity contribution in [1.29, 1.82) is 0 Å². The van der Waals surface area contributed by atoms with Gasteiger partial charge in [0.1, 0.15) is 0 Å². The zero-order chi connectivity index (χ0) is 11.4. The Balaban J connectivity index is 2.15. The lowest BCUT2D eigenvalue weighted by atomic mass is 10.3. The molecule has 0 saturated heterocycles. The maximum Gasteiger partial charge on any atom is 0.0766 e. The molecule has 1 N–H and O–H groups in total. The number of hydrogen-bond donors (Lipinski definition) is 1. The monoisotopic (exact) mass is 279 g/mol. The first-order valence-corrected chi connectivity index (χ1v) is 6.10. The van der Waals surface area contributed by atoms with Gasteiger partial charge in [0.05, 0.1) is 11.4 Å². The van der Waals surface area contributed by atoms with Crippen LogP contribution in [-0.2, 0) is 6.54 Å². The highest BCUT2D eigenvalue weighted by molar-refractivity contribution is 9.10. The van der Waals surface area contributed by atoms with Crippen LogP contribution >= 0.6 is 15.9 Å². The van der Waals surface area contributed by atoms with E-state index in [1.807, 2.05) is 41.2 Å². The molecule has 84 valence electrons. The Bertz CT molecular complexity index is 448. The second-order valence-corrected chi connectivity index (χ2v) is 4.42. The molecule has 1 heterocycles. The van der Waals surface area contributed by atoms with Gasteiger partial charge in [0, 0.05) is 17.2 Å². The van der Waals surface area contributed by atoms with Gasteiger partial charge in [-0.15, -0.1) is 0 Å². The van der Waals surface area contributed by atoms with Crippen LogP contribution in [-0.4, -0.2) is 16.3 Å². The van der Waals surface area contributed by atoms with Gasteiger partial charge in [-0.3, -0.25) is 0 Å². The van der Waals surface area contributed by atoms with Crippen molar-refractivity contribution in [2.75, 3.05) is 6.54 Å². The summed E-state index contributed by atoms with van der Waals surface area (Å²) in [4.78, 5) is 0. The molecule has 0 spiro atoms. The van der Waals surface area contributed by atoms with Crippen LogP contribution in [0.4, 0.5) is 0 Å². The third-order valence-corrected chi connectivity index (χ3v) is 2.82. The van der Waals surface area contributed by atoms with E-state index in [9.17, 15) is 0 Å². The van der Waals surface area contributed by atoms with E-state index < -0.39 is 0 Å². The minimum atomic E-state index is 0.819. The van der Waals surface area contributed by atoms with Crippen molar-refractivity contribution < 1.29 is 0 Å². The van der Waals surface area contributed by atoms with Crippen molar-refractivity contribution in [3.63, 3.8) is 0 Å². The summed E-state index contributed by atoms with van der Waals surface area (Å²) in [5.41, 5.74) is 2.13. The molecule has 0 unspecified atom stereocenters. The maximum absolute atomic E-state index is 4.49. The number of hydrogen-bond acceptors (Lipinski definition) is 2. The van der Waals surface area contributed by atoms with E-state index in [1.54, 1.807) is 0 Å². The molecule has 0 atom stereocenters. The molecule has 0 fully saturated rings. The highest BCUT2D eigenvalue weighted by Gasteiger charge is 2.00. The number of aromatic nitrogens is 2. The molecular formula is C12H14BrN3. The van der Waals surface area contributed by atoms with Gasteiger partial charge >= 0.3 is 0 Å². The first kappa shape index (κ1) is 11.4. The molecule has 3 nitrogen and oxygen atoms in total. The summed E-state index contributed by atoms with van der Waals surface area (Å²) in [6, 6.07) is 10.1. The fraction of sp³-hybridized carbons (Fsp3) is 0.250. The van der Waals surface area contributed by atoms with Gasteiger partial charge in [0.25, 0.3) is 0 Å². The largest absolute Gasteiger partial charge is 0.311 e. The van der Waals surface area contributed by atoms with Crippen LogP contribution in [0, 0.1) is 0 Å². The second-order valence-electron chi connectivity index (χ2n) is 3.51. The average molecular weight is 280 g/mol. The van der Waals surface area contributed by atoms with E-state index in [-0.39, 0.29) is 0 Å². The van der Waals surface area contributed by atoms with Gasteiger partial charge in [0.15, 0.2) is 0 Å².